The molecule has 0 unspecified atom stereocenters. The first-order valence-corrected chi connectivity index (χ1v) is 12.2. The molecular formula is C30H24N4O2. The number of allylic oxidation sites excluding steroid dienone is 2. The van der Waals surface area contributed by atoms with Crippen molar-refractivity contribution in [1.82, 2.24) is 19.6 Å². The highest BCUT2D eigenvalue weighted by Crippen LogP contribution is 2.50. The summed E-state index contributed by atoms with van der Waals surface area (Å²) in [6.07, 6.45) is 2.83. The third-order valence-corrected chi connectivity index (χ3v) is 7.23. The highest BCUT2D eigenvalue weighted by Gasteiger charge is 2.43. The lowest BCUT2D eigenvalue weighted by molar-refractivity contribution is -0.118. The SMILES string of the molecule is CC1(C)CC(=O)C2=C(C1)Oc1ncn3nc(-c4cccc5ccccc45)nc3c1[C@@H]2c1ccccc1. The second-order valence-electron chi connectivity index (χ2n) is 10.4. The summed E-state index contributed by atoms with van der Waals surface area (Å²) in [7, 11) is 0. The minimum Gasteiger partial charge on any atom is -0.442 e. The number of carbonyl (C=O) groups is 1. The predicted molar refractivity (Wildman–Crippen MR) is 138 cm³/mol. The molecule has 1 aliphatic carbocycles. The molecule has 0 bridgehead atoms. The summed E-state index contributed by atoms with van der Waals surface area (Å²) >= 11 is 0. The van der Waals surface area contributed by atoms with Crippen molar-refractivity contribution < 1.29 is 9.53 Å². The molecule has 3 aromatic carbocycles. The Balaban J connectivity index is 1.48. The normalized spacial score (nSPS) is 18.7. The fraction of sp³-hybridized carbons (Fsp3) is 0.200. The van der Waals surface area contributed by atoms with Crippen LogP contribution in [0, 0.1) is 5.41 Å². The molecule has 0 saturated carbocycles. The Hall–Kier alpha value is -4.32. The number of rotatable bonds is 2. The second-order valence-corrected chi connectivity index (χ2v) is 10.4. The zero-order valence-electron chi connectivity index (χ0n) is 20.1. The maximum atomic E-state index is 13.5. The number of hydrogen-bond acceptors (Lipinski definition) is 5. The fourth-order valence-electron chi connectivity index (χ4n) is 5.66. The Bertz CT molecular complexity index is 1710. The van der Waals surface area contributed by atoms with Gasteiger partial charge in [0, 0.05) is 29.9 Å². The largest absolute Gasteiger partial charge is 0.442 e. The van der Waals surface area contributed by atoms with Crippen LogP contribution in [0.3, 0.4) is 0 Å². The smallest absolute Gasteiger partial charge is 0.228 e. The zero-order chi connectivity index (χ0) is 24.4. The van der Waals surface area contributed by atoms with Crippen LogP contribution in [0.1, 0.15) is 43.7 Å². The van der Waals surface area contributed by atoms with Crippen LogP contribution in [0.15, 0.2) is 90.5 Å². The number of hydrogen-bond donors (Lipinski definition) is 0. The molecule has 0 spiro atoms. The van der Waals surface area contributed by atoms with E-state index >= 15 is 0 Å². The number of fused-ring (bicyclic) bond motifs is 4. The van der Waals surface area contributed by atoms with E-state index < -0.39 is 0 Å². The van der Waals surface area contributed by atoms with E-state index in [2.05, 4.69) is 49.2 Å². The van der Waals surface area contributed by atoms with Gasteiger partial charge >= 0.3 is 0 Å². The van der Waals surface area contributed by atoms with Gasteiger partial charge in [0.25, 0.3) is 0 Å². The zero-order valence-corrected chi connectivity index (χ0v) is 20.1. The molecule has 3 heterocycles. The quantitative estimate of drug-likeness (QED) is 0.310. The van der Waals surface area contributed by atoms with Crippen LogP contribution in [0.4, 0.5) is 0 Å². The molecular weight excluding hydrogens is 448 g/mol. The summed E-state index contributed by atoms with van der Waals surface area (Å²) in [5, 5.41) is 7.02. The second kappa shape index (κ2) is 7.59. The van der Waals surface area contributed by atoms with E-state index in [4.69, 9.17) is 14.8 Å². The molecule has 2 aromatic heterocycles. The van der Waals surface area contributed by atoms with E-state index in [-0.39, 0.29) is 17.1 Å². The first-order valence-electron chi connectivity index (χ1n) is 12.2. The minimum absolute atomic E-state index is 0.122. The number of Topliss-reactive ketones (excluding diaryl/α,β-unsaturated/α-hetero) is 1. The van der Waals surface area contributed by atoms with Crippen molar-refractivity contribution in [3.05, 3.63) is 102 Å². The van der Waals surface area contributed by atoms with Crippen molar-refractivity contribution in [3.63, 3.8) is 0 Å². The molecule has 7 rings (SSSR count). The van der Waals surface area contributed by atoms with Crippen molar-refractivity contribution >= 4 is 22.2 Å². The van der Waals surface area contributed by atoms with E-state index in [9.17, 15) is 4.79 Å². The average molecular weight is 473 g/mol. The van der Waals surface area contributed by atoms with E-state index in [0.29, 0.717) is 30.2 Å². The van der Waals surface area contributed by atoms with E-state index in [1.54, 1.807) is 10.8 Å². The van der Waals surface area contributed by atoms with Gasteiger partial charge in [-0.05, 0) is 21.8 Å². The molecule has 0 saturated heterocycles. The van der Waals surface area contributed by atoms with Gasteiger partial charge in [-0.15, -0.1) is 5.10 Å². The van der Waals surface area contributed by atoms with Crippen LogP contribution in [0.25, 0.3) is 27.8 Å². The number of carbonyl (C=O) groups excluding carboxylic acids is 1. The Morgan fingerprint density at radius 3 is 2.58 bits per heavy atom. The summed E-state index contributed by atoms with van der Waals surface area (Å²) in [6, 6.07) is 24.5. The van der Waals surface area contributed by atoms with Crippen LogP contribution in [-0.2, 0) is 4.79 Å². The molecule has 5 aromatic rings. The third-order valence-electron chi connectivity index (χ3n) is 7.23. The van der Waals surface area contributed by atoms with Gasteiger partial charge in [-0.25, -0.2) is 14.5 Å². The van der Waals surface area contributed by atoms with Crippen molar-refractivity contribution in [2.24, 2.45) is 5.41 Å². The first kappa shape index (κ1) is 21.0. The van der Waals surface area contributed by atoms with Crippen molar-refractivity contribution in [1.29, 1.82) is 0 Å². The summed E-state index contributed by atoms with van der Waals surface area (Å²) in [6.45, 7) is 4.22. The predicted octanol–water partition coefficient (Wildman–Crippen LogP) is 6.11. The maximum absolute atomic E-state index is 13.5. The molecule has 1 atom stereocenters. The van der Waals surface area contributed by atoms with Gasteiger partial charge in [-0.1, -0.05) is 86.6 Å². The Kier molecular flexibility index (Phi) is 4.43. The molecule has 1 aliphatic heterocycles. The lowest BCUT2D eigenvalue weighted by Gasteiger charge is -2.37. The van der Waals surface area contributed by atoms with Gasteiger partial charge in [-0.2, -0.15) is 0 Å². The van der Waals surface area contributed by atoms with Crippen LogP contribution in [0.5, 0.6) is 5.88 Å². The number of nitrogens with zero attached hydrogens (tertiary/aromatic N) is 4. The monoisotopic (exact) mass is 472 g/mol. The number of ketones is 1. The minimum atomic E-state index is -0.311. The van der Waals surface area contributed by atoms with Crippen molar-refractivity contribution in [3.8, 4) is 17.3 Å². The molecule has 0 amide bonds. The Labute approximate surface area is 208 Å². The van der Waals surface area contributed by atoms with Crippen molar-refractivity contribution in [2.75, 3.05) is 0 Å². The Morgan fingerprint density at radius 1 is 0.944 bits per heavy atom. The van der Waals surface area contributed by atoms with E-state index in [1.165, 1.54) is 0 Å². The van der Waals surface area contributed by atoms with E-state index in [1.807, 2.05) is 42.5 Å². The van der Waals surface area contributed by atoms with Gasteiger partial charge in [-0.3, -0.25) is 4.79 Å². The number of aromatic nitrogens is 4. The summed E-state index contributed by atoms with van der Waals surface area (Å²) in [5.41, 5.74) is 3.98. The lowest BCUT2D eigenvalue weighted by atomic mass is 9.70. The summed E-state index contributed by atoms with van der Waals surface area (Å²) in [4.78, 5) is 23.2. The lowest BCUT2D eigenvalue weighted by Crippen LogP contribution is -2.33. The van der Waals surface area contributed by atoms with Crippen LogP contribution < -0.4 is 4.74 Å². The topological polar surface area (TPSA) is 69.4 Å². The van der Waals surface area contributed by atoms with Gasteiger partial charge in [0.2, 0.25) is 5.88 Å². The molecule has 0 N–H and O–H groups in total. The highest BCUT2D eigenvalue weighted by molar-refractivity contribution is 6.00. The van der Waals surface area contributed by atoms with Crippen LogP contribution in [0.2, 0.25) is 0 Å². The number of ether oxygens (including phenoxy) is 1. The maximum Gasteiger partial charge on any atom is 0.228 e. The molecule has 6 nitrogen and oxygen atoms in total. The standard InChI is InChI=1S/C30H24N4O2/c1-30(2)15-22(35)25-23(16-30)36-29-26(24(25)19-10-4-3-5-11-19)28-32-27(33-34(28)17-31-29)21-14-8-12-18-9-6-7-13-20(18)21/h3-14,17,24H,15-16H2,1-2H3/t24-/m1/s1. The Morgan fingerprint density at radius 2 is 1.72 bits per heavy atom. The van der Waals surface area contributed by atoms with Gasteiger partial charge in [0.1, 0.15) is 12.1 Å². The van der Waals surface area contributed by atoms with Crippen LogP contribution in [-0.4, -0.2) is 25.4 Å². The van der Waals surface area contributed by atoms with Gasteiger partial charge in [0.15, 0.2) is 17.3 Å². The third kappa shape index (κ3) is 3.18. The molecule has 0 radical (unpaired) electrons. The molecule has 36 heavy (non-hydrogen) atoms. The molecule has 0 fully saturated rings. The van der Waals surface area contributed by atoms with Gasteiger partial charge in [0.05, 0.1) is 5.56 Å². The molecule has 2 aliphatic rings. The first-order chi connectivity index (χ1) is 17.5. The summed E-state index contributed by atoms with van der Waals surface area (Å²) < 4.78 is 8.06. The summed E-state index contributed by atoms with van der Waals surface area (Å²) in [5.74, 6) is 1.65. The average Bonchev–Trinajstić information content (AvgIpc) is 3.31. The highest BCUT2D eigenvalue weighted by atomic mass is 16.5. The number of benzene rings is 3. The fourth-order valence-corrected chi connectivity index (χ4v) is 5.66. The van der Waals surface area contributed by atoms with Gasteiger partial charge < -0.3 is 4.74 Å². The van der Waals surface area contributed by atoms with E-state index in [0.717, 1.165) is 38.8 Å². The molecule has 176 valence electrons. The van der Waals surface area contributed by atoms with Crippen molar-refractivity contribution in [2.45, 2.75) is 32.6 Å². The molecule has 6 heteroatoms. The van der Waals surface area contributed by atoms with Crippen LogP contribution >= 0.6 is 0 Å².